The Hall–Kier alpha value is -2.64. The molecule has 0 spiro atoms. The number of carbonyl (C=O) groups excluding carboxylic acids is 1. The van der Waals surface area contributed by atoms with E-state index in [1.54, 1.807) is 17.0 Å². The summed E-state index contributed by atoms with van der Waals surface area (Å²) in [4.78, 5) is 29.3. The summed E-state index contributed by atoms with van der Waals surface area (Å²) in [5.74, 6) is 0.304. The zero-order valence-corrected chi connectivity index (χ0v) is 10.6. The number of imidazole rings is 1. The molecule has 1 amide bonds. The van der Waals surface area contributed by atoms with Crippen molar-refractivity contribution in [3.05, 3.63) is 46.3 Å². The van der Waals surface area contributed by atoms with Crippen LogP contribution in [0.25, 0.3) is 0 Å². The molecule has 8 heteroatoms. The Morgan fingerprint density at radius 3 is 3.00 bits per heavy atom. The molecule has 3 rings (SSSR count). The normalized spacial score (nSPS) is 14.2. The summed E-state index contributed by atoms with van der Waals surface area (Å²) in [5, 5.41) is 13.5. The highest BCUT2D eigenvalue weighted by Crippen LogP contribution is 2.37. The minimum absolute atomic E-state index is 0.0555. The molecule has 2 N–H and O–H groups in total. The molecule has 1 aliphatic carbocycles. The quantitative estimate of drug-likeness (QED) is 0.635. The van der Waals surface area contributed by atoms with Crippen molar-refractivity contribution in [2.75, 3.05) is 0 Å². The van der Waals surface area contributed by atoms with Gasteiger partial charge in [-0.2, -0.15) is 0 Å². The van der Waals surface area contributed by atoms with Gasteiger partial charge in [-0.1, -0.05) is 0 Å². The van der Waals surface area contributed by atoms with E-state index >= 15 is 0 Å². The molecule has 0 bridgehead atoms. The number of aromatic amines is 1. The third kappa shape index (κ3) is 2.40. The third-order valence-corrected chi connectivity index (χ3v) is 3.19. The van der Waals surface area contributed by atoms with Gasteiger partial charge in [0.2, 0.25) is 0 Å². The average Bonchev–Trinajstić information content (AvgIpc) is 2.97. The first-order chi connectivity index (χ1) is 9.65. The number of nitro groups is 1. The van der Waals surface area contributed by atoms with E-state index in [0.29, 0.717) is 11.5 Å². The van der Waals surface area contributed by atoms with Crippen LogP contribution in [0.2, 0.25) is 0 Å². The fourth-order valence-electron chi connectivity index (χ4n) is 2.05. The first-order valence-corrected chi connectivity index (χ1v) is 6.28. The molecule has 2 aromatic rings. The van der Waals surface area contributed by atoms with E-state index < -0.39 is 4.92 Å². The lowest BCUT2D eigenvalue weighted by Crippen LogP contribution is -2.25. The smallest absolute Gasteiger partial charge is 0.287 e. The van der Waals surface area contributed by atoms with Gasteiger partial charge in [-0.3, -0.25) is 14.9 Å². The third-order valence-electron chi connectivity index (χ3n) is 3.19. The Morgan fingerprint density at radius 1 is 1.60 bits per heavy atom. The van der Waals surface area contributed by atoms with Gasteiger partial charge in [0.25, 0.3) is 11.6 Å². The van der Waals surface area contributed by atoms with Crippen LogP contribution in [0.15, 0.2) is 24.7 Å². The molecule has 1 saturated carbocycles. The van der Waals surface area contributed by atoms with Crippen LogP contribution in [0.4, 0.5) is 5.69 Å². The predicted octanol–water partition coefficient (Wildman–Crippen LogP) is 1.38. The molecule has 0 atom stereocenters. The summed E-state index contributed by atoms with van der Waals surface area (Å²) in [6, 6.07) is 1.52. The molecule has 2 heterocycles. The van der Waals surface area contributed by atoms with Crippen molar-refractivity contribution in [1.29, 1.82) is 0 Å². The van der Waals surface area contributed by atoms with Crippen LogP contribution in [0, 0.1) is 10.1 Å². The van der Waals surface area contributed by atoms with Crippen LogP contribution < -0.4 is 5.32 Å². The zero-order chi connectivity index (χ0) is 14.1. The number of H-pyrrole nitrogens is 1. The van der Waals surface area contributed by atoms with Gasteiger partial charge >= 0.3 is 0 Å². The van der Waals surface area contributed by atoms with E-state index in [2.05, 4.69) is 15.3 Å². The standard InChI is InChI=1S/C12H13N5O3/c18-12(15-6-11-13-3-4-14-11)10-5-9(17(19)20)7-16(10)8-1-2-8/h3-5,7-8H,1-2,6H2,(H,13,14)(H,15,18). The van der Waals surface area contributed by atoms with Crippen LogP contribution in [-0.2, 0) is 6.54 Å². The Morgan fingerprint density at radius 2 is 2.40 bits per heavy atom. The Bertz CT molecular complexity index is 642. The van der Waals surface area contributed by atoms with Crippen LogP contribution in [0.3, 0.4) is 0 Å². The summed E-state index contributed by atoms with van der Waals surface area (Å²) in [7, 11) is 0. The number of carbonyl (C=O) groups is 1. The van der Waals surface area contributed by atoms with Crippen LogP contribution in [-0.4, -0.2) is 25.4 Å². The lowest BCUT2D eigenvalue weighted by Gasteiger charge is -2.06. The van der Waals surface area contributed by atoms with E-state index in [9.17, 15) is 14.9 Å². The van der Waals surface area contributed by atoms with E-state index in [-0.39, 0.29) is 24.2 Å². The summed E-state index contributed by atoms with van der Waals surface area (Å²) in [6.45, 7) is 0.259. The first kappa shape index (κ1) is 12.4. The fourth-order valence-corrected chi connectivity index (χ4v) is 2.05. The van der Waals surface area contributed by atoms with E-state index in [1.165, 1.54) is 12.3 Å². The van der Waals surface area contributed by atoms with Gasteiger partial charge in [0, 0.05) is 24.5 Å². The fraction of sp³-hybridized carbons (Fsp3) is 0.333. The summed E-state index contributed by atoms with van der Waals surface area (Å²) in [6.07, 6.45) is 6.59. The highest BCUT2D eigenvalue weighted by molar-refractivity contribution is 5.93. The van der Waals surface area contributed by atoms with Crippen molar-refractivity contribution >= 4 is 11.6 Å². The van der Waals surface area contributed by atoms with Crippen molar-refractivity contribution in [3.8, 4) is 0 Å². The Balaban J connectivity index is 1.77. The highest BCUT2D eigenvalue weighted by Gasteiger charge is 2.30. The number of rotatable bonds is 5. The number of aromatic nitrogens is 3. The molecule has 0 radical (unpaired) electrons. The van der Waals surface area contributed by atoms with Crippen LogP contribution in [0.1, 0.15) is 35.2 Å². The second-order valence-corrected chi connectivity index (χ2v) is 4.70. The number of amides is 1. The maximum Gasteiger partial charge on any atom is 0.287 e. The lowest BCUT2D eigenvalue weighted by molar-refractivity contribution is -0.384. The van der Waals surface area contributed by atoms with E-state index in [4.69, 9.17) is 0 Å². The van der Waals surface area contributed by atoms with Crippen molar-refractivity contribution in [2.24, 2.45) is 0 Å². The summed E-state index contributed by atoms with van der Waals surface area (Å²) >= 11 is 0. The molecule has 104 valence electrons. The molecule has 0 unspecified atom stereocenters. The van der Waals surface area contributed by atoms with Crippen molar-refractivity contribution in [1.82, 2.24) is 19.9 Å². The van der Waals surface area contributed by atoms with Gasteiger partial charge in [-0.15, -0.1) is 0 Å². The van der Waals surface area contributed by atoms with Gasteiger partial charge in [-0.25, -0.2) is 4.98 Å². The molecular formula is C12H13N5O3. The van der Waals surface area contributed by atoms with Crippen molar-refractivity contribution in [2.45, 2.75) is 25.4 Å². The molecule has 0 aromatic carbocycles. The maximum absolute atomic E-state index is 12.1. The number of nitrogens with zero attached hydrogens (tertiary/aromatic N) is 3. The minimum atomic E-state index is -0.484. The topological polar surface area (TPSA) is 106 Å². The number of hydrogen-bond acceptors (Lipinski definition) is 4. The second-order valence-electron chi connectivity index (χ2n) is 4.70. The van der Waals surface area contributed by atoms with Gasteiger partial charge in [-0.05, 0) is 12.8 Å². The molecule has 0 aliphatic heterocycles. The van der Waals surface area contributed by atoms with Gasteiger partial charge < -0.3 is 14.9 Å². The van der Waals surface area contributed by atoms with Crippen LogP contribution >= 0.6 is 0 Å². The van der Waals surface area contributed by atoms with E-state index in [1.807, 2.05) is 0 Å². The SMILES string of the molecule is O=C(NCc1ncc[nH]1)c1cc([N+](=O)[O-])cn1C1CC1. The Kier molecular flexibility index (Phi) is 2.97. The first-order valence-electron chi connectivity index (χ1n) is 6.28. The predicted molar refractivity (Wildman–Crippen MR) is 69.1 cm³/mol. The van der Waals surface area contributed by atoms with E-state index in [0.717, 1.165) is 12.8 Å². The van der Waals surface area contributed by atoms with Crippen molar-refractivity contribution < 1.29 is 9.72 Å². The van der Waals surface area contributed by atoms with Gasteiger partial charge in [0.15, 0.2) is 0 Å². The lowest BCUT2D eigenvalue weighted by atomic mass is 10.3. The van der Waals surface area contributed by atoms with Gasteiger partial charge in [0.05, 0.1) is 17.7 Å². The number of nitrogens with one attached hydrogen (secondary N) is 2. The second kappa shape index (κ2) is 4.80. The maximum atomic E-state index is 12.1. The monoisotopic (exact) mass is 275 g/mol. The van der Waals surface area contributed by atoms with Crippen LogP contribution in [0.5, 0.6) is 0 Å². The molecule has 1 fully saturated rings. The molecule has 1 aliphatic rings. The molecular weight excluding hydrogens is 262 g/mol. The zero-order valence-electron chi connectivity index (χ0n) is 10.6. The summed E-state index contributed by atoms with van der Waals surface area (Å²) < 4.78 is 1.69. The van der Waals surface area contributed by atoms with Crippen molar-refractivity contribution in [3.63, 3.8) is 0 Å². The summed E-state index contributed by atoms with van der Waals surface area (Å²) in [5.41, 5.74) is 0.269. The number of hydrogen-bond donors (Lipinski definition) is 2. The largest absolute Gasteiger partial charge is 0.347 e. The highest BCUT2D eigenvalue weighted by atomic mass is 16.6. The molecule has 0 saturated heterocycles. The molecule has 2 aromatic heterocycles. The molecule has 8 nitrogen and oxygen atoms in total. The minimum Gasteiger partial charge on any atom is -0.347 e. The average molecular weight is 275 g/mol. The molecule has 20 heavy (non-hydrogen) atoms. The Labute approximate surface area is 114 Å². The van der Waals surface area contributed by atoms with Gasteiger partial charge in [0.1, 0.15) is 11.5 Å².